The van der Waals surface area contributed by atoms with Gasteiger partial charge in [0, 0.05) is 24.6 Å². The molecule has 17 heavy (non-hydrogen) atoms. The summed E-state index contributed by atoms with van der Waals surface area (Å²) in [5, 5.41) is 0. The van der Waals surface area contributed by atoms with Gasteiger partial charge in [0.05, 0.1) is 13.2 Å². The molecule has 0 bridgehead atoms. The lowest BCUT2D eigenvalue weighted by Crippen LogP contribution is -2.31. The third kappa shape index (κ3) is 2.79. The number of hydrogen-bond acceptors (Lipinski definition) is 3. The number of rotatable bonds is 4. The van der Waals surface area contributed by atoms with Gasteiger partial charge in [0.2, 0.25) is 0 Å². The Hall–Kier alpha value is -1.06. The zero-order valence-corrected chi connectivity index (χ0v) is 10.4. The maximum Gasteiger partial charge on any atom is 0.122 e. The largest absolute Gasteiger partial charge is 0.496 e. The van der Waals surface area contributed by atoms with Gasteiger partial charge in [-0.05, 0) is 25.3 Å². The highest BCUT2D eigenvalue weighted by Gasteiger charge is 2.26. The molecule has 3 nitrogen and oxygen atoms in total. The summed E-state index contributed by atoms with van der Waals surface area (Å²) in [5.74, 6) is 1.16. The molecule has 1 fully saturated rings. The predicted molar refractivity (Wildman–Crippen MR) is 68.4 cm³/mol. The molecule has 1 aromatic carbocycles. The van der Waals surface area contributed by atoms with Gasteiger partial charge in [-0.3, -0.25) is 0 Å². The lowest BCUT2D eigenvalue weighted by Gasteiger charge is -2.30. The summed E-state index contributed by atoms with van der Waals surface area (Å²) in [4.78, 5) is 0. The second-order valence-corrected chi connectivity index (χ2v) is 4.49. The summed E-state index contributed by atoms with van der Waals surface area (Å²) in [6.07, 6.45) is 3.74. The van der Waals surface area contributed by atoms with E-state index in [1.165, 1.54) is 18.4 Å². The molecule has 2 unspecified atom stereocenters. The van der Waals surface area contributed by atoms with E-state index in [1.54, 1.807) is 7.11 Å². The SMILES string of the molecule is COc1ccccc1C(CN)C1CCCCO1. The van der Waals surface area contributed by atoms with E-state index in [1.807, 2.05) is 18.2 Å². The zero-order chi connectivity index (χ0) is 12.1. The van der Waals surface area contributed by atoms with Gasteiger partial charge < -0.3 is 15.2 Å². The van der Waals surface area contributed by atoms with Crippen LogP contribution in [0.4, 0.5) is 0 Å². The maximum atomic E-state index is 5.92. The second kappa shape index (κ2) is 6.03. The minimum Gasteiger partial charge on any atom is -0.496 e. The van der Waals surface area contributed by atoms with Gasteiger partial charge in [-0.2, -0.15) is 0 Å². The van der Waals surface area contributed by atoms with Crippen molar-refractivity contribution in [3.63, 3.8) is 0 Å². The Morgan fingerprint density at radius 2 is 2.24 bits per heavy atom. The van der Waals surface area contributed by atoms with Crippen LogP contribution in [0, 0.1) is 0 Å². The highest BCUT2D eigenvalue weighted by Crippen LogP contribution is 2.33. The maximum absolute atomic E-state index is 5.92. The third-order valence-corrected chi connectivity index (χ3v) is 3.46. The Morgan fingerprint density at radius 3 is 2.88 bits per heavy atom. The monoisotopic (exact) mass is 235 g/mol. The van der Waals surface area contributed by atoms with Crippen LogP contribution in [-0.2, 0) is 4.74 Å². The topological polar surface area (TPSA) is 44.5 Å². The molecule has 3 heteroatoms. The highest BCUT2D eigenvalue weighted by molar-refractivity contribution is 5.37. The van der Waals surface area contributed by atoms with Crippen LogP contribution in [0.25, 0.3) is 0 Å². The van der Waals surface area contributed by atoms with Crippen LogP contribution in [0.5, 0.6) is 5.75 Å². The number of ether oxygens (including phenoxy) is 2. The summed E-state index contributed by atoms with van der Waals surface area (Å²) >= 11 is 0. The molecule has 94 valence electrons. The summed E-state index contributed by atoms with van der Waals surface area (Å²) in [7, 11) is 1.70. The molecule has 0 radical (unpaired) electrons. The Kier molecular flexibility index (Phi) is 4.40. The van der Waals surface area contributed by atoms with E-state index in [2.05, 4.69) is 6.07 Å². The van der Waals surface area contributed by atoms with Gasteiger partial charge in [0.25, 0.3) is 0 Å². The first-order valence-electron chi connectivity index (χ1n) is 6.31. The number of para-hydroxylation sites is 1. The molecule has 2 atom stereocenters. The number of benzene rings is 1. The standard InChI is InChI=1S/C14H21NO2/c1-16-13-7-3-2-6-11(13)12(10-15)14-8-4-5-9-17-14/h2-3,6-7,12,14H,4-5,8-10,15H2,1H3. The van der Waals surface area contributed by atoms with Crippen molar-refractivity contribution >= 4 is 0 Å². The fourth-order valence-corrected chi connectivity index (χ4v) is 2.53. The average Bonchev–Trinajstić information content (AvgIpc) is 2.41. The molecule has 0 saturated carbocycles. The fraction of sp³-hybridized carbons (Fsp3) is 0.571. The minimum absolute atomic E-state index is 0.241. The van der Waals surface area contributed by atoms with Crippen LogP contribution in [0.15, 0.2) is 24.3 Å². The Balaban J connectivity index is 2.21. The van der Waals surface area contributed by atoms with Crippen molar-refractivity contribution in [3.8, 4) is 5.75 Å². The van der Waals surface area contributed by atoms with Crippen LogP contribution in [0.3, 0.4) is 0 Å². The number of methoxy groups -OCH3 is 1. The van der Waals surface area contributed by atoms with E-state index in [9.17, 15) is 0 Å². The van der Waals surface area contributed by atoms with E-state index >= 15 is 0 Å². The normalized spacial score (nSPS) is 22.1. The molecule has 0 aromatic heterocycles. The molecule has 1 aliphatic rings. The molecular formula is C14H21NO2. The van der Waals surface area contributed by atoms with Crippen LogP contribution in [0.2, 0.25) is 0 Å². The van der Waals surface area contributed by atoms with Gasteiger partial charge in [-0.25, -0.2) is 0 Å². The molecule has 0 amide bonds. The molecule has 1 aliphatic heterocycles. The summed E-state index contributed by atoms with van der Waals surface area (Å²) in [5.41, 5.74) is 7.09. The van der Waals surface area contributed by atoms with E-state index in [0.29, 0.717) is 6.54 Å². The molecule has 1 saturated heterocycles. The van der Waals surface area contributed by atoms with E-state index < -0.39 is 0 Å². The molecule has 0 spiro atoms. The third-order valence-electron chi connectivity index (χ3n) is 3.46. The van der Waals surface area contributed by atoms with Crippen molar-refractivity contribution in [1.29, 1.82) is 0 Å². The fourth-order valence-electron chi connectivity index (χ4n) is 2.53. The van der Waals surface area contributed by atoms with Crippen LogP contribution >= 0.6 is 0 Å². The first-order valence-corrected chi connectivity index (χ1v) is 6.31. The molecule has 2 rings (SSSR count). The summed E-state index contributed by atoms with van der Waals surface area (Å²) in [6, 6.07) is 8.09. The predicted octanol–water partition coefficient (Wildman–Crippen LogP) is 2.31. The number of hydrogen-bond donors (Lipinski definition) is 1. The molecule has 0 aliphatic carbocycles. The van der Waals surface area contributed by atoms with Crippen molar-refractivity contribution in [2.24, 2.45) is 5.73 Å². The first-order chi connectivity index (χ1) is 8.36. The average molecular weight is 235 g/mol. The molecular weight excluding hydrogens is 214 g/mol. The van der Waals surface area contributed by atoms with E-state index in [-0.39, 0.29) is 12.0 Å². The minimum atomic E-state index is 0.241. The van der Waals surface area contributed by atoms with Crippen molar-refractivity contribution < 1.29 is 9.47 Å². The van der Waals surface area contributed by atoms with Crippen molar-refractivity contribution in [3.05, 3.63) is 29.8 Å². The highest BCUT2D eigenvalue weighted by atomic mass is 16.5. The lowest BCUT2D eigenvalue weighted by atomic mass is 9.88. The lowest BCUT2D eigenvalue weighted by molar-refractivity contribution is 0.000186. The zero-order valence-electron chi connectivity index (χ0n) is 10.4. The van der Waals surface area contributed by atoms with Crippen molar-refractivity contribution in [2.75, 3.05) is 20.3 Å². The Labute approximate surface area is 103 Å². The molecule has 2 N–H and O–H groups in total. The smallest absolute Gasteiger partial charge is 0.122 e. The van der Waals surface area contributed by atoms with Crippen LogP contribution in [-0.4, -0.2) is 26.4 Å². The van der Waals surface area contributed by atoms with Gasteiger partial charge in [0.1, 0.15) is 5.75 Å². The van der Waals surface area contributed by atoms with E-state index in [0.717, 1.165) is 18.8 Å². The summed E-state index contributed by atoms with van der Waals surface area (Å²) in [6.45, 7) is 1.46. The van der Waals surface area contributed by atoms with Gasteiger partial charge in [0.15, 0.2) is 0 Å². The van der Waals surface area contributed by atoms with Crippen LogP contribution in [0.1, 0.15) is 30.7 Å². The van der Waals surface area contributed by atoms with Gasteiger partial charge in [-0.1, -0.05) is 18.2 Å². The summed E-state index contributed by atoms with van der Waals surface area (Å²) < 4.78 is 11.3. The van der Waals surface area contributed by atoms with Crippen LogP contribution < -0.4 is 10.5 Å². The first kappa shape index (κ1) is 12.4. The Morgan fingerprint density at radius 1 is 1.41 bits per heavy atom. The van der Waals surface area contributed by atoms with E-state index in [4.69, 9.17) is 15.2 Å². The van der Waals surface area contributed by atoms with Crippen molar-refractivity contribution in [1.82, 2.24) is 0 Å². The molecule has 1 heterocycles. The quantitative estimate of drug-likeness (QED) is 0.871. The Bertz CT molecular complexity index is 348. The molecule has 1 aromatic rings. The van der Waals surface area contributed by atoms with Crippen molar-refractivity contribution in [2.45, 2.75) is 31.3 Å². The number of nitrogens with two attached hydrogens (primary N) is 1. The van der Waals surface area contributed by atoms with Gasteiger partial charge >= 0.3 is 0 Å². The van der Waals surface area contributed by atoms with Gasteiger partial charge in [-0.15, -0.1) is 0 Å². The second-order valence-electron chi connectivity index (χ2n) is 4.49.